The molecular formula is C14H20N2O2S. The van der Waals surface area contributed by atoms with E-state index in [0.717, 1.165) is 6.54 Å². The third-order valence-corrected chi connectivity index (χ3v) is 5.24. The summed E-state index contributed by atoms with van der Waals surface area (Å²) >= 11 is 1.88. The summed E-state index contributed by atoms with van der Waals surface area (Å²) < 4.78 is 0.247. The molecule has 1 aliphatic rings. The summed E-state index contributed by atoms with van der Waals surface area (Å²) in [7, 11) is 0. The molecule has 1 fully saturated rings. The first-order chi connectivity index (χ1) is 9.06. The average Bonchev–Trinajstić information content (AvgIpc) is 2.86. The highest BCUT2D eigenvalue weighted by Crippen LogP contribution is 2.40. The molecule has 0 heterocycles. The smallest absolute Gasteiger partial charge is 0.337 e. The summed E-state index contributed by atoms with van der Waals surface area (Å²) in [6, 6.07) is 4.99. The molecule has 0 aromatic heterocycles. The first kappa shape index (κ1) is 14.1. The molecule has 4 nitrogen and oxygen atoms in total. The number of carboxylic acid groups (broad SMARTS) is 1. The van der Waals surface area contributed by atoms with Crippen LogP contribution in [0.25, 0.3) is 0 Å². The fraction of sp³-hybridized carbons (Fsp3) is 0.500. The van der Waals surface area contributed by atoms with Gasteiger partial charge >= 0.3 is 5.97 Å². The Hall–Kier alpha value is -1.36. The number of nitrogens with one attached hydrogen (secondary N) is 1. The van der Waals surface area contributed by atoms with Crippen molar-refractivity contribution in [3.05, 3.63) is 23.8 Å². The monoisotopic (exact) mass is 280 g/mol. The highest BCUT2D eigenvalue weighted by molar-refractivity contribution is 8.00. The number of benzene rings is 1. The summed E-state index contributed by atoms with van der Waals surface area (Å²) in [6.45, 7) is 0.804. The van der Waals surface area contributed by atoms with Crippen molar-refractivity contribution in [3.63, 3.8) is 0 Å². The van der Waals surface area contributed by atoms with Crippen LogP contribution >= 0.6 is 11.8 Å². The van der Waals surface area contributed by atoms with Crippen LogP contribution < -0.4 is 11.1 Å². The molecule has 0 spiro atoms. The van der Waals surface area contributed by atoms with Gasteiger partial charge in [-0.3, -0.25) is 0 Å². The topological polar surface area (TPSA) is 75.3 Å². The van der Waals surface area contributed by atoms with E-state index in [1.54, 1.807) is 12.1 Å². The Morgan fingerprint density at radius 1 is 1.47 bits per heavy atom. The fourth-order valence-electron chi connectivity index (χ4n) is 2.62. The zero-order chi connectivity index (χ0) is 13.9. The molecule has 104 valence electrons. The van der Waals surface area contributed by atoms with Gasteiger partial charge in [-0.15, -0.1) is 0 Å². The Labute approximate surface area is 117 Å². The van der Waals surface area contributed by atoms with Crippen LogP contribution in [0.3, 0.4) is 0 Å². The van der Waals surface area contributed by atoms with Crippen molar-refractivity contribution in [1.82, 2.24) is 0 Å². The molecule has 1 aromatic carbocycles. The van der Waals surface area contributed by atoms with Crippen LogP contribution in [-0.4, -0.2) is 28.6 Å². The number of nitrogen functional groups attached to an aromatic ring is 1. The lowest BCUT2D eigenvalue weighted by Crippen LogP contribution is -2.30. The number of carbonyl (C=O) groups is 1. The van der Waals surface area contributed by atoms with Gasteiger partial charge in [0.2, 0.25) is 0 Å². The molecule has 1 aliphatic carbocycles. The van der Waals surface area contributed by atoms with Crippen LogP contribution in [-0.2, 0) is 0 Å². The Morgan fingerprint density at radius 2 is 2.16 bits per heavy atom. The minimum Gasteiger partial charge on any atom is -0.478 e. The highest BCUT2D eigenvalue weighted by Gasteiger charge is 2.32. The van der Waals surface area contributed by atoms with E-state index < -0.39 is 5.97 Å². The van der Waals surface area contributed by atoms with E-state index in [9.17, 15) is 9.90 Å². The van der Waals surface area contributed by atoms with Gasteiger partial charge in [0.05, 0.1) is 5.56 Å². The van der Waals surface area contributed by atoms with Crippen molar-refractivity contribution in [2.45, 2.75) is 30.4 Å². The van der Waals surface area contributed by atoms with Gasteiger partial charge in [0.15, 0.2) is 0 Å². The summed E-state index contributed by atoms with van der Waals surface area (Å²) in [5.74, 6) is -0.945. The number of anilines is 2. The standard InChI is InChI=1S/C14H20N2O2S/c1-19-14(6-2-3-7-14)9-16-12-5-4-10(15)8-11(12)13(17)18/h4-5,8,16H,2-3,6-7,9,15H2,1H3,(H,17,18). The fourth-order valence-corrected chi connectivity index (χ4v) is 3.54. The van der Waals surface area contributed by atoms with Gasteiger partial charge in [-0.05, 0) is 37.3 Å². The van der Waals surface area contributed by atoms with E-state index >= 15 is 0 Å². The molecule has 0 atom stereocenters. The minimum atomic E-state index is -0.945. The number of carboxylic acids is 1. The molecule has 1 aromatic rings. The lowest BCUT2D eigenvalue weighted by molar-refractivity contribution is 0.0698. The van der Waals surface area contributed by atoms with Gasteiger partial charge in [-0.1, -0.05) is 12.8 Å². The quantitative estimate of drug-likeness (QED) is 0.723. The lowest BCUT2D eigenvalue weighted by atomic mass is 10.1. The summed E-state index contributed by atoms with van der Waals surface area (Å²) in [4.78, 5) is 11.2. The maximum Gasteiger partial charge on any atom is 0.337 e. The van der Waals surface area contributed by atoms with Gasteiger partial charge < -0.3 is 16.2 Å². The molecule has 0 saturated heterocycles. The van der Waals surface area contributed by atoms with Crippen LogP contribution in [0, 0.1) is 0 Å². The number of thioether (sulfide) groups is 1. The van der Waals surface area contributed by atoms with Crippen LogP contribution in [0.2, 0.25) is 0 Å². The van der Waals surface area contributed by atoms with Gasteiger partial charge in [0.1, 0.15) is 0 Å². The predicted octanol–water partition coefficient (Wildman–Crippen LogP) is 3.05. The number of aromatic carboxylic acids is 1. The zero-order valence-corrected chi connectivity index (χ0v) is 11.9. The summed E-state index contributed by atoms with van der Waals surface area (Å²) in [5, 5.41) is 12.5. The largest absolute Gasteiger partial charge is 0.478 e. The van der Waals surface area contributed by atoms with E-state index in [2.05, 4.69) is 11.6 Å². The molecule has 5 heteroatoms. The van der Waals surface area contributed by atoms with E-state index in [1.165, 1.54) is 31.7 Å². The molecule has 0 amide bonds. The third-order valence-electron chi connectivity index (χ3n) is 3.82. The molecular weight excluding hydrogens is 260 g/mol. The first-order valence-electron chi connectivity index (χ1n) is 6.48. The second kappa shape index (κ2) is 5.74. The van der Waals surface area contributed by atoms with Crippen molar-refractivity contribution in [1.29, 1.82) is 0 Å². The first-order valence-corrected chi connectivity index (χ1v) is 7.71. The molecule has 0 bridgehead atoms. The molecule has 4 N–H and O–H groups in total. The number of hydrogen-bond donors (Lipinski definition) is 3. The van der Waals surface area contributed by atoms with Crippen LogP contribution in [0.15, 0.2) is 18.2 Å². The molecule has 0 unspecified atom stereocenters. The van der Waals surface area contributed by atoms with Crippen molar-refractivity contribution in [2.24, 2.45) is 0 Å². The molecule has 0 aliphatic heterocycles. The predicted molar refractivity (Wildman–Crippen MR) is 81.0 cm³/mol. The third kappa shape index (κ3) is 3.15. The van der Waals surface area contributed by atoms with Crippen molar-refractivity contribution in [3.8, 4) is 0 Å². The van der Waals surface area contributed by atoms with E-state index in [1.807, 2.05) is 11.8 Å². The normalized spacial score (nSPS) is 17.3. The number of hydrogen-bond acceptors (Lipinski definition) is 4. The van der Waals surface area contributed by atoms with E-state index in [-0.39, 0.29) is 10.3 Å². The second-order valence-electron chi connectivity index (χ2n) is 5.06. The van der Waals surface area contributed by atoms with E-state index in [0.29, 0.717) is 11.4 Å². The number of nitrogens with two attached hydrogens (primary N) is 1. The van der Waals surface area contributed by atoms with Crippen LogP contribution in [0.1, 0.15) is 36.0 Å². The molecule has 19 heavy (non-hydrogen) atoms. The van der Waals surface area contributed by atoms with Gasteiger partial charge in [-0.25, -0.2) is 4.79 Å². The van der Waals surface area contributed by atoms with Crippen LogP contribution in [0.5, 0.6) is 0 Å². The Balaban J connectivity index is 2.13. The maximum absolute atomic E-state index is 11.2. The van der Waals surface area contributed by atoms with Crippen molar-refractivity contribution >= 4 is 29.1 Å². The summed E-state index contributed by atoms with van der Waals surface area (Å²) in [5.41, 5.74) is 7.02. The Morgan fingerprint density at radius 3 is 2.74 bits per heavy atom. The van der Waals surface area contributed by atoms with Crippen molar-refractivity contribution < 1.29 is 9.90 Å². The molecule has 2 rings (SSSR count). The van der Waals surface area contributed by atoms with Gasteiger partial charge in [-0.2, -0.15) is 11.8 Å². The second-order valence-corrected chi connectivity index (χ2v) is 6.33. The van der Waals surface area contributed by atoms with Gasteiger partial charge in [0.25, 0.3) is 0 Å². The maximum atomic E-state index is 11.2. The zero-order valence-electron chi connectivity index (χ0n) is 11.1. The molecule has 0 radical (unpaired) electrons. The number of rotatable bonds is 5. The lowest BCUT2D eigenvalue weighted by Gasteiger charge is -2.27. The summed E-state index contributed by atoms with van der Waals surface area (Å²) in [6.07, 6.45) is 7.04. The highest BCUT2D eigenvalue weighted by atomic mass is 32.2. The van der Waals surface area contributed by atoms with Gasteiger partial charge in [0, 0.05) is 22.7 Å². The van der Waals surface area contributed by atoms with E-state index in [4.69, 9.17) is 5.73 Å². The van der Waals surface area contributed by atoms with Crippen molar-refractivity contribution in [2.75, 3.05) is 23.9 Å². The van der Waals surface area contributed by atoms with Crippen LogP contribution in [0.4, 0.5) is 11.4 Å². The average molecular weight is 280 g/mol. The minimum absolute atomic E-state index is 0.245. The Kier molecular flexibility index (Phi) is 4.24. The molecule has 1 saturated carbocycles. The SMILES string of the molecule is CSC1(CNc2ccc(N)cc2C(=O)O)CCCC1. The Bertz CT molecular complexity index is 471.